The van der Waals surface area contributed by atoms with Crippen LogP contribution in [-0.2, 0) is 10.4 Å². The largest absolute Gasteiger partial charge is 0.508 e. The fourth-order valence-electron chi connectivity index (χ4n) is 0.909. The average Bonchev–Trinajstić information content (AvgIpc) is 2.04. The summed E-state index contributed by atoms with van der Waals surface area (Å²) in [5, 5.41) is 27.1. The van der Waals surface area contributed by atoms with Crippen LogP contribution >= 0.6 is 0 Å². The number of carboxylic acids is 1. The molecule has 3 N–H and O–H groups in total. The highest BCUT2D eigenvalue weighted by atomic mass is 16.4. The van der Waals surface area contributed by atoms with E-state index in [4.69, 9.17) is 10.2 Å². The van der Waals surface area contributed by atoms with Gasteiger partial charge in [0.2, 0.25) is 0 Å². The summed E-state index contributed by atoms with van der Waals surface area (Å²) in [5.41, 5.74) is -1.67. The van der Waals surface area contributed by atoms with Crippen molar-refractivity contribution in [1.29, 1.82) is 0 Å². The molecule has 0 unspecified atom stereocenters. The molecule has 1 rings (SSSR count). The molecule has 0 saturated heterocycles. The fraction of sp³-hybridized carbons (Fsp3) is 0.222. The molecule has 0 heterocycles. The number of aliphatic carboxylic acids is 1. The van der Waals surface area contributed by atoms with Gasteiger partial charge in [0.25, 0.3) is 0 Å². The average molecular weight is 182 g/mol. The van der Waals surface area contributed by atoms with Crippen LogP contribution < -0.4 is 0 Å². The van der Waals surface area contributed by atoms with Crippen molar-refractivity contribution in [3.63, 3.8) is 0 Å². The normalized spacial score (nSPS) is 14.9. The Hall–Kier alpha value is -1.55. The van der Waals surface area contributed by atoms with E-state index in [-0.39, 0.29) is 11.3 Å². The first-order chi connectivity index (χ1) is 5.94. The van der Waals surface area contributed by atoms with E-state index in [0.717, 1.165) is 0 Å². The van der Waals surface area contributed by atoms with Crippen LogP contribution in [0.2, 0.25) is 0 Å². The van der Waals surface area contributed by atoms with Gasteiger partial charge in [0, 0.05) is 0 Å². The summed E-state index contributed by atoms with van der Waals surface area (Å²) in [5.74, 6) is -1.29. The van der Waals surface area contributed by atoms with Gasteiger partial charge in [-0.1, -0.05) is 12.1 Å². The van der Waals surface area contributed by atoms with Crippen LogP contribution in [0.25, 0.3) is 0 Å². The van der Waals surface area contributed by atoms with Crippen LogP contribution in [0.4, 0.5) is 0 Å². The molecule has 1 aromatic rings. The molecule has 0 aliphatic heterocycles. The summed E-state index contributed by atoms with van der Waals surface area (Å²) in [6, 6.07) is 5.38. The van der Waals surface area contributed by atoms with Gasteiger partial charge >= 0.3 is 5.97 Å². The van der Waals surface area contributed by atoms with Gasteiger partial charge in [0.1, 0.15) is 5.75 Å². The Kier molecular flexibility index (Phi) is 2.25. The minimum absolute atomic E-state index is 0.0324. The zero-order valence-electron chi connectivity index (χ0n) is 7.06. The van der Waals surface area contributed by atoms with Crippen molar-refractivity contribution in [2.24, 2.45) is 0 Å². The summed E-state index contributed by atoms with van der Waals surface area (Å²) in [6.07, 6.45) is 0. The summed E-state index contributed by atoms with van der Waals surface area (Å²) in [6.45, 7) is 1.18. The van der Waals surface area contributed by atoms with Crippen molar-refractivity contribution in [2.45, 2.75) is 12.5 Å². The molecule has 0 aliphatic rings. The molecule has 0 amide bonds. The predicted molar refractivity (Wildman–Crippen MR) is 45.3 cm³/mol. The smallest absolute Gasteiger partial charge is 0.340 e. The number of rotatable bonds is 2. The SMILES string of the molecule is C[C@](O)(C(=O)O)c1ccc(O)cc1. The summed E-state index contributed by atoms with van der Waals surface area (Å²) in [4.78, 5) is 10.6. The van der Waals surface area contributed by atoms with Crippen LogP contribution in [0, 0.1) is 0 Å². The van der Waals surface area contributed by atoms with Gasteiger partial charge in [0.05, 0.1) is 0 Å². The molecule has 0 fully saturated rings. The third kappa shape index (κ3) is 1.78. The maximum Gasteiger partial charge on any atom is 0.340 e. The maximum absolute atomic E-state index is 10.6. The molecule has 0 aliphatic carbocycles. The first-order valence-electron chi connectivity index (χ1n) is 3.70. The number of aromatic hydroxyl groups is 1. The lowest BCUT2D eigenvalue weighted by Gasteiger charge is -2.17. The molecule has 0 radical (unpaired) electrons. The van der Waals surface area contributed by atoms with E-state index in [0.29, 0.717) is 0 Å². The van der Waals surface area contributed by atoms with E-state index in [9.17, 15) is 9.90 Å². The number of benzene rings is 1. The molecule has 0 aromatic heterocycles. The lowest BCUT2D eigenvalue weighted by atomic mass is 9.96. The second kappa shape index (κ2) is 3.06. The molecule has 1 aromatic carbocycles. The Balaban J connectivity index is 3.08. The topological polar surface area (TPSA) is 77.8 Å². The quantitative estimate of drug-likeness (QED) is 0.628. The van der Waals surface area contributed by atoms with Gasteiger partial charge in [0.15, 0.2) is 5.60 Å². The van der Waals surface area contributed by atoms with Crippen molar-refractivity contribution in [3.8, 4) is 5.75 Å². The van der Waals surface area contributed by atoms with Gasteiger partial charge in [-0.15, -0.1) is 0 Å². The lowest BCUT2D eigenvalue weighted by Crippen LogP contribution is -2.31. The molecule has 1 atom stereocenters. The minimum atomic E-state index is -1.91. The number of hydrogen-bond acceptors (Lipinski definition) is 3. The van der Waals surface area contributed by atoms with E-state index in [1.807, 2.05) is 0 Å². The molecule has 0 spiro atoms. The van der Waals surface area contributed by atoms with Gasteiger partial charge in [-0.05, 0) is 24.6 Å². The van der Waals surface area contributed by atoms with E-state index in [1.54, 1.807) is 0 Å². The van der Waals surface area contributed by atoms with E-state index in [2.05, 4.69) is 0 Å². The number of phenolic OH excluding ortho intramolecular Hbond substituents is 1. The molecular formula is C9H10O4. The van der Waals surface area contributed by atoms with E-state index in [1.165, 1.54) is 31.2 Å². The summed E-state index contributed by atoms with van der Waals surface area (Å²) < 4.78 is 0. The molecule has 70 valence electrons. The molecule has 13 heavy (non-hydrogen) atoms. The number of aliphatic hydroxyl groups is 1. The van der Waals surface area contributed by atoms with Crippen LogP contribution in [0.5, 0.6) is 5.75 Å². The Morgan fingerprint density at radius 1 is 1.31 bits per heavy atom. The highest BCUT2D eigenvalue weighted by Crippen LogP contribution is 2.22. The molecule has 4 heteroatoms. The number of carboxylic acid groups (broad SMARTS) is 1. The second-order valence-corrected chi connectivity index (χ2v) is 2.92. The minimum Gasteiger partial charge on any atom is -0.508 e. The van der Waals surface area contributed by atoms with E-state index >= 15 is 0 Å². The van der Waals surface area contributed by atoms with Gasteiger partial charge in [-0.25, -0.2) is 4.79 Å². The van der Waals surface area contributed by atoms with Crippen molar-refractivity contribution in [3.05, 3.63) is 29.8 Å². The fourth-order valence-corrected chi connectivity index (χ4v) is 0.909. The molecule has 0 bridgehead atoms. The molecule has 4 nitrogen and oxygen atoms in total. The number of carbonyl (C=O) groups is 1. The zero-order chi connectivity index (χ0) is 10.1. The molecular weight excluding hydrogens is 172 g/mol. The van der Waals surface area contributed by atoms with E-state index < -0.39 is 11.6 Å². The van der Waals surface area contributed by atoms with Crippen molar-refractivity contribution < 1.29 is 20.1 Å². The summed E-state index contributed by atoms with van der Waals surface area (Å²) >= 11 is 0. The standard InChI is InChI=1S/C9H10O4/c1-9(13,8(11)12)6-2-4-7(10)5-3-6/h2-5,10,13H,1H3,(H,11,12)/t9-/m1/s1. The van der Waals surface area contributed by atoms with Crippen LogP contribution in [-0.4, -0.2) is 21.3 Å². The Morgan fingerprint density at radius 3 is 2.15 bits per heavy atom. The van der Waals surface area contributed by atoms with Crippen molar-refractivity contribution in [1.82, 2.24) is 0 Å². The molecule has 0 saturated carbocycles. The van der Waals surface area contributed by atoms with Crippen molar-refractivity contribution in [2.75, 3.05) is 0 Å². The van der Waals surface area contributed by atoms with Crippen molar-refractivity contribution >= 4 is 5.97 Å². The number of phenols is 1. The third-order valence-corrected chi connectivity index (χ3v) is 1.85. The highest BCUT2D eigenvalue weighted by Gasteiger charge is 2.31. The van der Waals surface area contributed by atoms with Gasteiger partial charge in [-0.3, -0.25) is 0 Å². The lowest BCUT2D eigenvalue weighted by molar-refractivity contribution is -0.157. The predicted octanol–water partition coefficient (Wildman–Crippen LogP) is 0.684. The van der Waals surface area contributed by atoms with Gasteiger partial charge in [-0.2, -0.15) is 0 Å². The third-order valence-electron chi connectivity index (χ3n) is 1.85. The first-order valence-corrected chi connectivity index (χ1v) is 3.70. The zero-order valence-corrected chi connectivity index (χ0v) is 7.06. The van der Waals surface area contributed by atoms with Crippen LogP contribution in [0.1, 0.15) is 12.5 Å². The summed E-state index contributed by atoms with van der Waals surface area (Å²) in [7, 11) is 0. The number of hydrogen-bond donors (Lipinski definition) is 3. The van der Waals surface area contributed by atoms with Crippen LogP contribution in [0.15, 0.2) is 24.3 Å². The Morgan fingerprint density at radius 2 is 1.77 bits per heavy atom. The second-order valence-electron chi connectivity index (χ2n) is 2.92. The Bertz CT molecular complexity index is 313. The van der Waals surface area contributed by atoms with Crippen LogP contribution in [0.3, 0.4) is 0 Å². The van der Waals surface area contributed by atoms with Gasteiger partial charge < -0.3 is 15.3 Å². The first kappa shape index (κ1) is 9.54. The monoisotopic (exact) mass is 182 g/mol. The Labute approximate surface area is 75.1 Å². The highest BCUT2D eigenvalue weighted by molar-refractivity contribution is 5.78. The maximum atomic E-state index is 10.6.